The Kier molecular flexibility index (Phi) is 3.99. The van der Waals surface area contributed by atoms with Crippen LogP contribution in [-0.2, 0) is 4.74 Å². The lowest BCUT2D eigenvalue weighted by Gasteiger charge is -2.13. The van der Waals surface area contributed by atoms with Crippen molar-refractivity contribution < 1.29 is 9.47 Å². The number of rotatable bonds is 5. The van der Waals surface area contributed by atoms with Crippen LogP contribution in [0.3, 0.4) is 0 Å². The molecule has 18 heavy (non-hydrogen) atoms. The maximum Gasteiger partial charge on any atom is 0.133 e. The molecule has 1 unspecified atom stereocenters. The van der Waals surface area contributed by atoms with Crippen molar-refractivity contribution in [3.8, 4) is 5.75 Å². The minimum atomic E-state index is 0.153. The van der Waals surface area contributed by atoms with E-state index < -0.39 is 0 Å². The smallest absolute Gasteiger partial charge is 0.133 e. The predicted molar refractivity (Wildman–Crippen MR) is 73.3 cm³/mol. The van der Waals surface area contributed by atoms with Crippen LogP contribution in [0.2, 0.25) is 0 Å². The summed E-state index contributed by atoms with van der Waals surface area (Å²) in [5.41, 5.74) is 0. The van der Waals surface area contributed by atoms with Crippen LogP contribution >= 0.6 is 0 Å². The van der Waals surface area contributed by atoms with E-state index in [0.29, 0.717) is 0 Å². The van der Waals surface area contributed by atoms with Gasteiger partial charge in [0.05, 0.1) is 13.2 Å². The van der Waals surface area contributed by atoms with Gasteiger partial charge in [-0.1, -0.05) is 0 Å². The summed E-state index contributed by atoms with van der Waals surface area (Å²) in [4.78, 5) is 4.36. The molecule has 0 aliphatic heterocycles. The van der Waals surface area contributed by atoms with Gasteiger partial charge in [-0.25, -0.2) is 4.98 Å². The SMILES string of the molecule is COc1ccc2c(NCC(C)OC)nccc2c1. The topological polar surface area (TPSA) is 43.4 Å². The van der Waals surface area contributed by atoms with Crippen molar-refractivity contribution in [1.82, 2.24) is 4.98 Å². The van der Waals surface area contributed by atoms with Crippen molar-refractivity contribution in [1.29, 1.82) is 0 Å². The molecule has 96 valence electrons. The minimum Gasteiger partial charge on any atom is -0.497 e. The van der Waals surface area contributed by atoms with E-state index in [1.165, 1.54) is 0 Å². The van der Waals surface area contributed by atoms with Gasteiger partial charge < -0.3 is 14.8 Å². The van der Waals surface area contributed by atoms with Gasteiger partial charge in [0.25, 0.3) is 0 Å². The molecule has 4 nitrogen and oxygen atoms in total. The molecule has 1 N–H and O–H groups in total. The average molecular weight is 246 g/mol. The van der Waals surface area contributed by atoms with Crippen molar-refractivity contribution in [3.63, 3.8) is 0 Å². The molecule has 2 aromatic rings. The van der Waals surface area contributed by atoms with E-state index in [4.69, 9.17) is 9.47 Å². The second-order valence-electron chi connectivity index (χ2n) is 4.17. The lowest BCUT2D eigenvalue weighted by Crippen LogP contribution is -2.18. The maximum atomic E-state index is 5.22. The van der Waals surface area contributed by atoms with Gasteiger partial charge in [-0.15, -0.1) is 0 Å². The van der Waals surface area contributed by atoms with Crippen LogP contribution in [-0.4, -0.2) is 31.9 Å². The Bertz CT molecular complexity index is 528. The normalized spacial score (nSPS) is 12.4. The van der Waals surface area contributed by atoms with Crippen molar-refractivity contribution in [3.05, 3.63) is 30.5 Å². The molecule has 0 amide bonds. The van der Waals surface area contributed by atoms with Gasteiger partial charge in [-0.05, 0) is 36.6 Å². The van der Waals surface area contributed by atoms with E-state index in [9.17, 15) is 0 Å². The highest BCUT2D eigenvalue weighted by molar-refractivity contribution is 5.92. The highest BCUT2D eigenvalue weighted by Crippen LogP contribution is 2.25. The summed E-state index contributed by atoms with van der Waals surface area (Å²) in [6, 6.07) is 7.93. The lowest BCUT2D eigenvalue weighted by molar-refractivity contribution is 0.128. The van der Waals surface area contributed by atoms with Gasteiger partial charge in [0.1, 0.15) is 11.6 Å². The lowest BCUT2D eigenvalue weighted by atomic mass is 10.1. The molecule has 0 aliphatic rings. The summed E-state index contributed by atoms with van der Waals surface area (Å²) in [6.45, 7) is 2.75. The third-order valence-corrected chi connectivity index (χ3v) is 2.93. The van der Waals surface area contributed by atoms with Crippen LogP contribution in [0.25, 0.3) is 10.8 Å². The molecular formula is C14H18N2O2. The van der Waals surface area contributed by atoms with Gasteiger partial charge >= 0.3 is 0 Å². The highest BCUT2D eigenvalue weighted by Gasteiger charge is 2.05. The van der Waals surface area contributed by atoms with Gasteiger partial charge in [-0.2, -0.15) is 0 Å². The average Bonchev–Trinajstić information content (AvgIpc) is 2.43. The van der Waals surface area contributed by atoms with Gasteiger partial charge in [-0.3, -0.25) is 0 Å². The number of ether oxygens (including phenoxy) is 2. The molecule has 1 aromatic heterocycles. The number of anilines is 1. The summed E-state index contributed by atoms with van der Waals surface area (Å²) in [5.74, 6) is 1.73. The molecular weight excluding hydrogens is 228 g/mol. The first-order valence-corrected chi connectivity index (χ1v) is 5.94. The van der Waals surface area contributed by atoms with Crippen LogP contribution in [0.15, 0.2) is 30.5 Å². The van der Waals surface area contributed by atoms with E-state index in [-0.39, 0.29) is 6.10 Å². The zero-order valence-electron chi connectivity index (χ0n) is 10.9. The van der Waals surface area contributed by atoms with E-state index in [1.807, 2.05) is 31.2 Å². The van der Waals surface area contributed by atoms with E-state index in [0.717, 1.165) is 28.9 Å². The number of hydrogen-bond acceptors (Lipinski definition) is 4. The molecule has 1 aromatic carbocycles. The summed E-state index contributed by atoms with van der Waals surface area (Å²) in [5, 5.41) is 5.49. The number of methoxy groups -OCH3 is 2. The number of fused-ring (bicyclic) bond motifs is 1. The molecule has 0 saturated heterocycles. The van der Waals surface area contributed by atoms with Crippen LogP contribution in [0.4, 0.5) is 5.82 Å². The zero-order chi connectivity index (χ0) is 13.0. The fourth-order valence-corrected chi connectivity index (χ4v) is 1.75. The number of nitrogens with zero attached hydrogens (tertiary/aromatic N) is 1. The first-order chi connectivity index (χ1) is 8.74. The largest absolute Gasteiger partial charge is 0.497 e. The number of nitrogens with one attached hydrogen (secondary N) is 1. The van der Waals surface area contributed by atoms with Crippen LogP contribution in [0.5, 0.6) is 5.75 Å². The second-order valence-corrected chi connectivity index (χ2v) is 4.17. The van der Waals surface area contributed by atoms with Gasteiger partial charge in [0.2, 0.25) is 0 Å². The second kappa shape index (κ2) is 5.69. The minimum absolute atomic E-state index is 0.153. The molecule has 0 bridgehead atoms. The Labute approximate surface area is 107 Å². The molecule has 1 heterocycles. The molecule has 0 aliphatic carbocycles. The molecule has 0 spiro atoms. The van der Waals surface area contributed by atoms with Crippen molar-refractivity contribution in [2.24, 2.45) is 0 Å². The van der Waals surface area contributed by atoms with Crippen LogP contribution in [0, 0.1) is 0 Å². The Balaban J connectivity index is 2.28. The van der Waals surface area contributed by atoms with Crippen LogP contribution < -0.4 is 10.1 Å². The van der Waals surface area contributed by atoms with Gasteiger partial charge in [0, 0.05) is 25.2 Å². The van der Waals surface area contributed by atoms with Crippen molar-refractivity contribution in [2.45, 2.75) is 13.0 Å². The third kappa shape index (κ3) is 2.71. The fraction of sp³-hybridized carbons (Fsp3) is 0.357. The van der Waals surface area contributed by atoms with Gasteiger partial charge in [0.15, 0.2) is 0 Å². The number of pyridine rings is 1. The zero-order valence-corrected chi connectivity index (χ0v) is 10.9. The molecule has 2 rings (SSSR count). The Morgan fingerprint density at radius 2 is 2.11 bits per heavy atom. The summed E-state index contributed by atoms with van der Waals surface area (Å²) < 4.78 is 10.4. The maximum absolute atomic E-state index is 5.22. The quantitative estimate of drug-likeness (QED) is 0.881. The summed E-state index contributed by atoms with van der Waals surface area (Å²) in [7, 11) is 3.37. The summed E-state index contributed by atoms with van der Waals surface area (Å²) >= 11 is 0. The standard InChI is InChI=1S/C14H18N2O2/c1-10(17-2)9-16-14-13-5-4-12(18-3)8-11(13)6-7-15-14/h4-8,10H,9H2,1-3H3,(H,15,16). The third-order valence-electron chi connectivity index (χ3n) is 2.93. The Hall–Kier alpha value is -1.81. The first kappa shape index (κ1) is 12.6. The summed E-state index contributed by atoms with van der Waals surface area (Å²) in [6.07, 6.45) is 1.95. The Morgan fingerprint density at radius 1 is 1.28 bits per heavy atom. The monoisotopic (exact) mass is 246 g/mol. The highest BCUT2D eigenvalue weighted by atomic mass is 16.5. The van der Waals surface area contributed by atoms with Crippen molar-refractivity contribution >= 4 is 16.6 Å². The van der Waals surface area contributed by atoms with E-state index >= 15 is 0 Å². The Morgan fingerprint density at radius 3 is 2.83 bits per heavy atom. The molecule has 4 heteroatoms. The molecule has 0 saturated carbocycles. The predicted octanol–water partition coefficient (Wildman–Crippen LogP) is 2.69. The number of hydrogen-bond donors (Lipinski definition) is 1. The van der Waals surface area contributed by atoms with E-state index in [1.54, 1.807) is 20.4 Å². The molecule has 0 radical (unpaired) electrons. The first-order valence-electron chi connectivity index (χ1n) is 5.94. The van der Waals surface area contributed by atoms with Crippen molar-refractivity contribution in [2.75, 3.05) is 26.1 Å². The molecule has 0 fully saturated rings. The van der Waals surface area contributed by atoms with Crippen LogP contribution in [0.1, 0.15) is 6.92 Å². The van der Waals surface area contributed by atoms with E-state index in [2.05, 4.69) is 10.3 Å². The fourth-order valence-electron chi connectivity index (χ4n) is 1.75. The molecule has 1 atom stereocenters. The number of aromatic nitrogens is 1. The number of benzene rings is 1.